The third-order valence-corrected chi connectivity index (χ3v) is 3.06. The van der Waals surface area contributed by atoms with Crippen LogP contribution in [0.2, 0.25) is 5.28 Å². The highest BCUT2D eigenvalue weighted by atomic mass is 35.5. The normalized spacial score (nSPS) is 10.3. The van der Waals surface area contributed by atoms with Crippen molar-refractivity contribution in [2.75, 3.05) is 0 Å². The molecule has 1 aromatic carbocycles. The zero-order chi connectivity index (χ0) is 10.7. The summed E-state index contributed by atoms with van der Waals surface area (Å²) in [5.74, 6) is 0. The Labute approximate surface area is 96.9 Å². The molecule has 0 saturated carbocycles. The number of halogens is 1. The van der Waals surface area contributed by atoms with Crippen LogP contribution in [0.5, 0.6) is 0 Å². The summed E-state index contributed by atoms with van der Waals surface area (Å²) in [6.07, 6.45) is 1.60. The molecule has 3 nitrogen and oxygen atoms in total. The predicted octanol–water partition coefficient (Wildman–Crippen LogP) is 2.98. The van der Waals surface area contributed by atoms with Crippen molar-refractivity contribution in [2.45, 2.75) is 16.8 Å². The lowest BCUT2D eigenvalue weighted by Crippen LogP contribution is -1.88. The Morgan fingerprint density at radius 1 is 1.27 bits per heavy atom. The molecule has 15 heavy (non-hydrogen) atoms. The minimum Gasteiger partial charge on any atom is -0.208 e. The van der Waals surface area contributed by atoms with Crippen molar-refractivity contribution in [3.63, 3.8) is 0 Å². The van der Waals surface area contributed by atoms with E-state index in [4.69, 9.17) is 11.6 Å². The maximum Gasteiger partial charge on any atom is 0.244 e. The number of benzene rings is 1. The highest BCUT2D eigenvalue weighted by Crippen LogP contribution is 2.28. The lowest BCUT2D eigenvalue weighted by atomic mass is 10.2. The van der Waals surface area contributed by atoms with E-state index >= 15 is 0 Å². The van der Waals surface area contributed by atoms with Gasteiger partial charge in [0.05, 0.1) is 6.20 Å². The van der Waals surface area contributed by atoms with Crippen molar-refractivity contribution < 1.29 is 0 Å². The summed E-state index contributed by atoms with van der Waals surface area (Å²) in [4.78, 5) is 5.21. The molecule has 0 spiro atoms. The van der Waals surface area contributed by atoms with Gasteiger partial charge in [0.15, 0.2) is 0 Å². The number of aryl methyl sites for hydroxylation is 1. The van der Waals surface area contributed by atoms with E-state index in [1.807, 2.05) is 18.2 Å². The highest BCUT2D eigenvalue weighted by Gasteiger charge is 2.02. The quantitative estimate of drug-likeness (QED) is 0.805. The van der Waals surface area contributed by atoms with Crippen molar-refractivity contribution in [3.05, 3.63) is 41.3 Å². The summed E-state index contributed by atoms with van der Waals surface area (Å²) in [6, 6.07) is 8.09. The molecule has 0 aliphatic rings. The molecule has 2 aromatic rings. The van der Waals surface area contributed by atoms with Gasteiger partial charge in [-0.25, -0.2) is 4.98 Å². The molecule has 0 N–H and O–H groups in total. The Kier molecular flexibility index (Phi) is 3.18. The van der Waals surface area contributed by atoms with E-state index in [2.05, 4.69) is 28.2 Å². The molecule has 0 aliphatic carbocycles. The second-order valence-electron chi connectivity index (χ2n) is 2.93. The summed E-state index contributed by atoms with van der Waals surface area (Å²) in [6.45, 7) is 2.05. The van der Waals surface area contributed by atoms with Gasteiger partial charge in [-0.1, -0.05) is 30.0 Å². The first-order chi connectivity index (χ1) is 7.25. The minimum atomic E-state index is 0.175. The Morgan fingerprint density at radius 3 is 2.80 bits per heavy atom. The smallest absolute Gasteiger partial charge is 0.208 e. The molecule has 0 atom stereocenters. The zero-order valence-electron chi connectivity index (χ0n) is 8.01. The summed E-state index contributed by atoms with van der Waals surface area (Å²) < 4.78 is 0. The van der Waals surface area contributed by atoms with E-state index in [0.29, 0.717) is 0 Å². The maximum absolute atomic E-state index is 5.65. The molecule has 5 heteroatoms. The molecule has 0 amide bonds. The van der Waals surface area contributed by atoms with E-state index in [9.17, 15) is 0 Å². The summed E-state index contributed by atoms with van der Waals surface area (Å²) in [5, 5.41) is 8.27. The highest BCUT2D eigenvalue weighted by molar-refractivity contribution is 7.99. The first-order valence-corrected chi connectivity index (χ1v) is 5.54. The van der Waals surface area contributed by atoms with Gasteiger partial charge >= 0.3 is 0 Å². The van der Waals surface area contributed by atoms with Gasteiger partial charge in [0.1, 0.15) is 5.03 Å². The summed E-state index contributed by atoms with van der Waals surface area (Å²) in [7, 11) is 0. The lowest BCUT2D eigenvalue weighted by Gasteiger charge is -2.03. The molecular formula is C10H8ClN3S. The summed E-state index contributed by atoms with van der Waals surface area (Å²) in [5.41, 5.74) is 1.21. The van der Waals surface area contributed by atoms with Gasteiger partial charge in [0, 0.05) is 4.90 Å². The van der Waals surface area contributed by atoms with Crippen LogP contribution in [0, 0.1) is 6.92 Å². The van der Waals surface area contributed by atoms with Crippen LogP contribution in [0.25, 0.3) is 0 Å². The number of aromatic nitrogens is 3. The van der Waals surface area contributed by atoms with Gasteiger partial charge in [-0.3, -0.25) is 0 Å². The molecule has 0 bridgehead atoms. The molecule has 0 unspecified atom stereocenters. The van der Waals surface area contributed by atoms with Crippen LogP contribution >= 0.6 is 23.4 Å². The predicted molar refractivity (Wildman–Crippen MR) is 60.1 cm³/mol. The Hall–Kier alpha value is -1.13. The molecule has 0 saturated heterocycles. The van der Waals surface area contributed by atoms with Crippen LogP contribution in [-0.4, -0.2) is 15.2 Å². The average Bonchev–Trinajstić information content (AvgIpc) is 2.22. The van der Waals surface area contributed by atoms with Crippen LogP contribution in [0.3, 0.4) is 0 Å². The van der Waals surface area contributed by atoms with Crippen molar-refractivity contribution in [1.29, 1.82) is 0 Å². The van der Waals surface area contributed by atoms with Crippen LogP contribution in [0.4, 0.5) is 0 Å². The Bertz CT molecular complexity index is 476. The van der Waals surface area contributed by atoms with Crippen molar-refractivity contribution >= 4 is 23.4 Å². The van der Waals surface area contributed by atoms with Crippen LogP contribution < -0.4 is 0 Å². The lowest BCUT2D eigenvalue weighted by molar-refractivity contribution is 0.903. The van der Waals surface area contributed by atoms with Crippen molar-refractivity contribution in [1.82, 2.24) is 15.2 Å². The third-order valence-electron chi connectivity index (χ3n) is 1.82. The van der Waals surface area contributed by atoms with Gasteiger partial charge in [0.2, 0.25) is 5.28 Å². The molecule has 0 fully saturated rings. The molecule has 76 valence electrons. The monoisotopic (exact) mass is 237 g/mol. The second kappa shape index (κ2) is 4.59. The Balaban J connectivity index is 2.26. The Morgan fingerprint density at radius 2 is 2.07 bits per heavy atom. The van der Waals surface area contributed by atoms with Crippen LogP contribution in [0.1, 0.15) is 5.56 Å². The number of hydrogen-bond donors (Lipinski definition) is 0. The molecular weight excluding hydrogens is 230 g/mol. The van der Waals surface area contributed by atoms with Crippen LogP contribution in [0.15, 0.2) is 40.4 Å². The van der Waals surface area contributed by atoms with Gasteiger partial charge in [0.25, 0.3) is 0 Å². The fourth-order valence-electron chi connectivity index (χ4n) is 1.10. The first-order valence-electron chi connectivity index (χ1n) is 4.34. The topological polar surface area (TPSA) is 38.7 Å². The van der Waals surface area contributed by atoms with Crippen molar-refractivity contribution in [2.24, 2.45) is 0 Å². The second-order valence-corrected chi connectivity index (χ2v) is 4.33. The minimum absolute atomic E-state index is 0.175. The molecule has 1 aromatic heterocycles. The van der Waals surface area contributed by atoms with Gasteiger partial charge in [-0.15, -0.1) is 5.10 Å². The standard InChI is InChI=1S/C10H8ClN3S/c1-7-4-2-3-5-8(7)15-9-6-12-14-10(11)13-9/h2-6H,1H3. The molecule has 2 rings (SSSR count). The largest absolute Gasteiger partial charge is 0.244 e. The van der Waals surface area contributed by atoms with Gasteiger partial charge < -0.3 is 0 Å². The average molecular weight is 238 g/mol. The molecule has 0 radical (unpaired) electrons. The molecule has 1 heterocycles. The van der Waals surface area contributed by atoms with E-state index < -0.39 is 0 Å². The molecule has 0 aliphatic heterocycles. The SMILES string of the molecule is Cc1ccccc1Sc1cnnc(Cl)n1. The van der Waals surface area contributed by atoms with Gasteiger partial charge in [-0.05, 0) is 30.2 Å². The fraction of sp³-hybridized carbons (Fsp3) is 0.100. The van der Waals surface area contributed by atoms with E-state index in [1.165, 1.54) is 17.3 Å². The van der Waals surface area contributed by atoms with E-state index in [-0.39, 0.29) is 5.28 Å². The fourth-order valence-corrected chi connectivity index (χ4v) is 2.12. The number of nitrogens with zero attached hydrogens (tertiary/aromatic N) is 3. The zero-order valence-corrected chi connectivity index (χ0v) is 9.59. The summed E-state index contributed by atoms with van der Waals surface area (Å²) >= 11 is 7.18. The number of rotatable bonds is 2. The third kappa shape index (κ3) is 2.67. The number of hydrogen-bond acceptors (Lipinski definition) is 4. The van der Waals surface area contributed by atoms with E-state index in [0.717, 1.165) is 9.92 Å². The van der Waals surface area contributed by atoms with E-state index in [1.54, 1.807) is 6.20 Å². The van der Waals surface area contributed by atoms with Crippen LogP contribution in [-0.2, 0) is 0 Å². The first kappa shape index (κ1) is 10.4. The van der Waals surface area contributed by atoms with Gasteiger partial charge in [-0.2, -0.15) is 5.10 Å². The maximum atomic E-state index is 5.65. The van der Waals surface area contributed by atoms with Crippen molar-refractivity contribution in [3.8, 4) is 0 Å².